The second-order valence-electron chi connectivity index (χ2n) is 23.1. The lowest BCUT2D eigenvalue weighted by Gasteiger charge is -2.27. The van der Waals surface area contributed by atoms with Gasteiger partial charge in [0.1, 0.15) is 66.5 Å². The number of benzene rings is 1. The molecular weight excluding hydrogens is 1260 g/mol. The molecule has 23 N–H and O–H groups in total. The lowest BCUT2D eigenvalue weighted by atomic mass is 10.0. The van der Waals surface area contributed by atoms with Gasteiger partial charge in [0.05, 0.1) is 38.5 Å². The van der Waals surface area contributed by atoms with Crippen molar-refractivity contribution in [3.05, 3.63) is 35.9 Å². The zero-order valence-corrected chi connectivity index (χ0v) is 53.8. The minimum atomic E-state index is -2.01. The van der Waals surface area contributed by atoms with Gasteiger partial charge in [0.2, 0.25) is 76.8 Å². The lowest BCUT2D eigenvalue weighted by molar-refractivity contribution is -0.143. The Hall–Kier alpha value is -9.91. The van der Waals surface area contributed by atoms with Gasteiger partial charge in [-0.3, -0.25) is 81.5 Å². The number of nitrogens with two attached hydrogens (primary N) is 3. The van der Waals surface area contributed by atoms with Crippen molar-refractivity contribution in [1.82, 2.24) is 63.8 Å². The summed E-state index contributed by atoms with van der Waals surface area (Å²) in [6.07, 6.45) is -4.41. The Balaban J connectivity index is 3.42. The molecular formula is C58H91N15O22. The number of nitrogens with one attached hydrogen (secondary N) is 12. The molecule has 0 aliphatic carbocycles. The van der Waals surface area contributed by atoms with Gasteiger partial charge < -0.3 is 107 Å². The normalized spacial score (nSPS) is 14.8. The maximum atomic E-state index is 14.1. The van der Waals surface area contributed by atoms with E-state index >= 15 is 0 Å². The highest BCUT2D eigenvalue weighted by molar-refractivity contribution is 6.00. The summed E-state index contributed by atoms with van der Waals surface area (Å²) in [6.45, 7) is 8.58. The van der Waals surface area contributed by atoms with Gasteiger partial charge in [-0.2, -0.15) is 0 Å². The van der Waals surface area contributed by atoms with Crippen LogP contribution in [0.5, 0.6) is 0 Å². The van der Waals surface area contributed by atoms with Crippen LogP contribution in [0.3, 0.4) is 0 Å². The zero-order valence-electron chi connectivity index (χ0n) is 53.8. The summed E-state index contributed by atoms with van der Waals surface area (Å²) in [5.41, 5.74) is 17.4. The average molecular weight is 1350 g/mol. The third-order valence-corrected chi connectivity index (χ3v) is 13.7. The van der Waals surface area contributed by atoms with E-state index in [1.165, 1.54) is 0 Å². The number of carboxylic acids is 4. The molecule has 530 valence electrons. The molecule has 0 aliphatic rings. The first-order chi connectivity index (χ1) is 44.4. The number of amides is 13. The molecule has 1 aromatic carbocycles. The zero-order chi connectivity index (χ0) is 72.4. The van der Waals surface area contributed by atoms with E-state index in [0.29, 0.717) is 5.56 Å². The summed E-state index contributed by atoms with van der Waals surface area (Å²) in [6, 6.07) is -11.4. The van der Waals surface area contributed by atoms with Crippen LogP contribution < -0.4 is 81.0 Å². The number of aliphatic carboxylic acids is 4. The van der Waals surface area contributed by atoms with Crippen molar-refractivity contribution < 1.29 is 107 Å². The van der Waals surface area contributed by atoms with Crippen LogP contribution in [0, 0.1) is 11.8 Å². The highest BCUT2D eigenvalue weighted by Crippen LogP contribution is 2.12. The molecule has 0 bridgehead atoms. The van der Waals surface area contributed by atoms with Crippen LogP contribution in [-0.4, -0.2) is 218 Å². The lowest BCUT2D eigenvalue weighted by Crippen LogP contribution is -2.60. The fourth-order valence-electron chi connectivity index (χ4n) is 8.67. The SMILES string of the molecule is CC(C)C[C@H](NC(=O)[C@H](Cc1ccccc1)NC(=O)CNC(=O)[C@H](CO)NC(=O)[C@@H](N)CC(C)C)C(=O)N[C@@H](CC(=O)O)C(=O)N[C@@H](C)C(=O)N[C@@H](CCC(N)=O)C(=O)N[C@@H](CCCCN)C(=O)N[C@@H](CC(=O)O)C(=O)N[C@@H](C)C(=O)N[C@@H](CC(=O)O)C(=O)N[C@@H](C)C(=O)O. The summed E-state index contributed by atoms with van der Waals surface area (Å²) in [7, 11) is 0. The molecule has 13 amide bonds. The van der Waals surface area contributed by atoms with E-state index in [1.54, 1.807) is 44.2 Å². The molecule has 0 heterocycles. The number of unbranched alkanes of at least 4 members (excludes halogenated alkanes) is 1. The van der Waals surface area contributed by atoms with Gasteiger partial charge in [-0.05, 0) is 83.2 Å². The highest BCUT2D eigenvalue weighted by atomic mass is 16.4. The quantitative estimate of drug-likeness (QED) is 0.0270. The number of hydrogen-bond acceptors (Lipinski definition) is 20. The highest BCUT2D eigenvalue weighted by Gasteiger charge is 2.37. The number of aliphatic hydroxyl groups excluding tert-OH is 1. The average Bonchev–Trinajstić information content (AvgIpc) is 0.896. The Morgan fingerprint density at radius 3 is 1.24 bits per heavy atom. The number of carboxylic acid groups (broad SMARTS) is 4. The van der Waals surface area contributed by atoms with Crippen molar-refractivity contribution in [1.29, 1.82) is 0 Å². The number of aliphatic hydroxyl groups is 1. The van der Waals surface area contributed by atoms with Crippen LogP contribution in [0.4, 0.5) is 0 Å². The molecule has 0 radical (unpaired) electrons. The molecule has 0 fully saturated rings. The third kappa shape index (κ3) is 33.0. The first-order valence-corrected chi connectivity index (χ1v) is 30.3. The van der Waals surface area contributed by atoms with Crippen molar-refractivity contribution in [2.45, 2.75) is 192 Å². The Kier molecular flexibility index (Phi) is 37.0. The Labute approximate surface area is 546 Å². The second kappa shape index (κ2) is 42.3. The van der Waals surface area contributed by atoms with Crippen molar-refractivity contribution >= 4 is 101 Å². The molecule has 0 aromatic heterocycles. The van der Waals surface area contributed by atoms with Gasteiger partial charge in [-0.25, -0.2) is 0 Å². The minimum absolute atomic E-state index is 0.0288. The molecule has 37 nitrogen and oxygen atoms in total. The monoisotopic (exact) mass is 1350 g/mol. The van der Waals surface area contributed by atoms with Crippen LogP contribution in [0.15, 0.2) is 30.3 Å². The Morgan fingerprint density at radius 1 is 0.421 bits per heavy atom. The van der Waals surface area contributed by atoms with Crippen molar-refractivity contribution in [3.8, 4) is 0 Å². The first-order valence-electron chi connectivity index (χ1n) is 30.3. The summed E-state index contributed by atoms with van der Waals surface area (Å²) in [5.74, 6) is -21.0. The standard InChI is InChI=1S/C58H91N15O22/c1-27(2)19-33(60)49(85)73-41(26-74)50(86)62-25-43(76)66-37(21-32-13-9-8-10-14-32)57(93)70-36(20-28(3)4)56(92)72-40(24-46(81)82)54(90)63-29(5)47(83)67-35(16-17-42(61)75)52(88)68-34(15-11-12-18-59)51(87)71-39(23-45(79)80)53(89)64-30(6)48(84)69-38(22-44(77)78)55(91)65-31(7)58(94)95/h8-10,13-14,27-31,33-41,74H,11-12,15-26,59-60H2,1-7H3,(H2,61,75)(H,62,86)(H,63,90)(H,64,89)(H,65,91)(H,66,76)(H,67,83)(H,68,88)(H,69,84)(H,70,93)(H,71,87)(H,72,92)(H,73,85)(H,77,78)(H,79,80)(H,81,82)(H,94,95)/t29-,30-,31-,33-,34-,35-,36-,37-,38-,39-,40-,41-/m0/s1. The molecule has 0 aliphatic heterocycles. The van der Waals surface area contributed by atoms with Gasteiger partial charge in [-0.15, -0.1) is 0 Å². The molecule has 95 heavy (non-hydrogen) atoms. The van der Waals surface area contributed by atoms with Crippen molar-refractivity contribution in [2.75, 3.05) is 19.7 Å². The molecule has 0 spiro atoms. The van der Waals surface area contributed by atoms with Crippen LogP contribution in [0.25, 0.3) is 0 Å². The third-order valence-electron chi connectivity index (χ3n) is 13.7. The van der Waals surface area contributed by atoms with E-state index in [9.17, 15) is 102 Å². The van der Waals surface area contributed by atoms with Crippen LogP contribution >= 0.6 is 0 Å². The molecule has 12 atom stereocenters. The number of primary amides is 1. The Bertz CT molecular complexity index is 2880. The van der Waals surface area contributed by atoms with E-state index in [-0.39, 0.29) is 56.9 Å². The largest absolute Gasteiger partial charge is 0.481 e. The van der Waals surface area contributed by atoms with Crippen molar-refractivity contribution in [3.63, 3.8) is 0 Å². The fraction of sp³-hybridized carbons (Fsp3) is 0.603. The van der Waals surface area contributed by atoms with Gasteiger partial charge >= 0.3 is 23.9 Å². The van der Waals surface area contributed by atoms with Gasteiger partial charge in [0, 0.05) is 12.8 Å². The predicted molar refractivity (Wildman–Crippen MR) is 331 cm³/mol. The summed E-state index contributed by atoms with van der Waals surface area (Å²) < 4.78 is 0. The molecule has 1 aromatic rings. The molecule has 0 saturated carbocycles. The summed E-state index contributed by atoms with van der Waals surface area (Å²) in [5, 5.41) is 74.9. The first kappa shape index (κ1) is 83.1. The second-order valence-corrected chi connectivity index (χ2v) is 23.1. The van der Waals surface area contributed by atoms with E-state index in [1.807, 2.05) is 24.5 Å². The van der Waals surface area contributed by atoms with Crippen LogP contribution in [-0.2, 0) is 87.9 Å². The number of carbonyl (C=O) groups is 17. The van der Waals surface area contributed by atoms with Crippen molar-refractivity contribution in [2.24, 2.45) is 29.0 Å². The van der Waals surface area contributed by atoms with Gasteiger partial charge in [-0.1, -0.05) is 58.0 Å². The van der Waals surface area contributed by atoms with E-state index in [4.69, 9.17) is 22.3 Å². The van der Waals surface area contributed by atoms with E-state index in [2.05, 4.69) is 53.2 Å². The van der Waals surface area contributed by atoms with Gasteiger partial charge in [0.15, 0.2) is 0 Å². The molecule has 0 unspecified atom stereocenters. The molecule has 37 heteroatoms. The Morgan fingerprint density at radius 2 is 0.811 bits per heavy atom. The number of carbonyl (C=O) groups excluding carboxylic acids is 13. The predicted octanol–water partition coefficient (Wildman–Crippen LogP) is -6.95. The maximum Gasteiger partial charge on any atom is 0.325 e. The minimum Gasteiger partial charge on any atom is -0.481 e. The topological polar surface area (TPSA) is 614 Å². The molecule has 1 rings (SSSR count). The number of hydrogen-bond donors (Lipinski definition) is 20. The van der Waals surface area contributed by atoms with Crippen LogP contribution in [0.1, 0.15) is 118 Å². The van der Waals surface area contributed by atoms with Crippen LogP contribution in [0.2, 0.25) is 0 Å². The maximum absolute atomic E-state index is 14.1. The summed E-state index contributed by atoms with van der Waals surface area (Å²) in [4.78, 5) is 221. The molecule has 0 saturated heterocycles. The summed E-state index contributed by atoms with van der Waals surface area (Å²) >= 11 is 0. The van der Waals surface area contributed by atoms with E-state index in [0.717, 1.165) is 20.8 Å². The fourth-order valence-corrected chi connectivity index (χ4v) is 8.67. The number of rotatable bonds is 45. The smallest absolute Gasteiger partial charge is 0.325 e. The van der Waals surface area contributed by atoms with E-state index < -0.39 is 218 Å². The van der Waals surface area contributed by atoms with Gasteiger partial charge in [0.25, 0.3) is 0 Å².